The molecular formula is C16H20ClNS. The molecule has 1 unspecified atom stereocenters. The highest BCUT2D eigenvalue weighted by molar-refractivity contribution is 7.12. The Labute approximate surface area is 124 Å². The molecule has 0 amide bonds. The van der Waals surface area contributed by atoms with Crippen molar-refractivity contribution in [2.45, 2.75) is 33.2 Å². The van der Waals surface area contributed by atoms with Gasteiger partial charge in [0.05, 0.1) is 0 Å². The summed E-state index contributed by atoms with van der Waals surface area (Å²) in [6.07, 6.45) is 0.939. The molecule has 102 valence electrons. The Bertz CT molecular complexity index is 547. The van der Waals surface area contributed by atoms with Crippen LogP contribution in [0, 0.1) is 13.8 Å². The first-order chi connectivity index (χ1) is 9.11. The third kappa shape index (κ3) is 3.59. The minimum Gasteiger partial charge on any atom is -0.309 e. The highest BCUT2D eigenvalue weighted by Gasteiger charge is 2.17. The fourth-order valence-electron chi connectivity index (χ4n) is 2.39. The van der Waals surface area contributed by atoms with Crippen LogP contribution in [0.15, 0.2) is 30.3 Å². The number of hydrogen-bond acceptors (Lipinski definition) is 2. The van der Waals surface area contributed by atoms with Crippen LogP contribution in [0.1, 0.15) is 33.8 Å². The van der Waals surface area contributed by atoms with Crippen LogP contribution in [-0.4, -0.2) is 6.54 Å². The van der Waals surface area contributed by atoms with Crippen LogP contribution in [-0.2, 0) is 6.42 Å². The molecule has 3 heteroatoms. The van der Waals surface area contributed by atoms with Gasteiger partial charge in [0.1, 0.15) is 0 Å². The second kappa shape index (κ2) is 6.56. The first-order valence-electron chi connectivity index (χ1n) is 6.65. The van der Waals surface area contributed by atoms with Crippen molar-refractivity contribution in [2.75, 3.05) is 6.54 Å². The number of halogens is 1. The van der Waals surface area contributed by atoms with Crippen LogP contribution >= 0.6 is 22.9 Å². The monoisotopic (exact) mass is 293 g/mol. The Balaban J connectivity index is 2.26. The fraction of sp³-hybridized carbons (Fsp3) is 0.375. The van der Waals surface area contributed by atoms with Gasteiger partial charge in [0.25, 0.3) is 0 Å². The van der Waals surface area contributed by atoms with E-state index in [0.717, 1.165) is 18.0 Å². The van der Waals surface area contributed by atoms with E-state index in [9.17, 15) is 0 Å². The van der Waals surface area contributed by atoms with Crippen molar-refractivity contribution < 1.29 is 0 Å². The van der Waals surface area contributed by atoms with Gasteiger partial charge < -0.3 is 5.32 Å². The zero-order valence-electron chi connectivity index (χ0n) is 11.7. The van der Waals surface area contributed by atoms with Crippen molar-refractivity contribution in [3.05, 3.63) is 56.2 Å². The lowest BCUT2D eigenvalue weighted by molar-refractivity contribution is 0.556. The van der Waals surface area contributed by atoms with E-state index < -0.39 is 0 Å². The largest absolute Gasteiger partial charge is 0.309 e. The van der Waals surface area contributed by atoms with Crippen LogP contribution in [0.25, 0.3) is 0 Å². The Kier molecular flexibility index (Phi) is 5.03. The fourth-order valence-corrected chi connectivity index (χ4v) is 3.72. The molecule has 0 radical (unpaired) electrons. The third-order valence-corrected chi connectivity index (χ3v) is 4.86. The summed E-state index contributed by atoms with van der Waals surface area (Å²) in [5.74, 6) is 0. The van der Waals surface area contributed by atoms with Crippen molar-refractivity contribution in [1.82, 2.24) is 5.32 Å². The SMILES string of the molecule is CCNC(Cc1ccccc1Cl)c1sc(C)cc1C. The van der Waals surface area contributed by atoms with Crippen LogP contribution in [0.4, 0.5) is 0 Å². The van der Waals surface area contributed by atoms with E-state index in [1.54, 1.807) is 0 Å². The molecule has 0 spiro atoms. The van der Waals surface area contributed by atoms with Crippen molar-refractivity contribution in [1.29, 1.82) is 0 Å². The van der Waals surface area contributed by atoms with Crippen LogP contribution in [0.2, 0.25) is 5.02 Å². The van der Waals surface area contributed by atoms with Gasteiger partial charge in [-0.05, 0) is 50.1 Å². The summed E-state index contributed by atoms with van der Waals surface area (Å²) in [6.45, 7) is 7.47. The molecule has 0 aliphatic carbocycles. The van der Waals surface area contributed by atoms with Gasteiger partial charge in [0, 0.05) is 20.8 Å². The van der Waals surface area contributed by atoms with Gasteiger partial charge in [-0.3, -0.25) is 0 Å². The van der Waals surface area contributed by atoms with Gasteiger partial charge in [-0.25, -0.2) is 0 Å². The summed E-state index contributed by atoms with van der Waals surface area (Å²) in [5, 5.41) is 4.44. The summed E-state index contributed by atoms with van der Waals surface area (Å²) in [7, 11) is 0. The summed E-state index contributed by atoms with van der Waals surface area (Å²) in [5.41, 5.74) is 2.58. The summed E-state index contributed by atoms with van der Waals surface area (Å²) in [6, 6.07) is 10.7. The second-order valence-corrected chi connectivity index (χ2v) is 6.51. The smallest absolute Gasteiger partial charge is 0.0458 e. The van der Waals surface area contributed by atoms with Crippen LogP contribution in [0.3, 0.4) is 0 Å². The lowest BCUT2D eigenvalue weighted by Gasteiger charge is -2.18. The highest BCUT2D eigenvalue weighted by Crippen LogP contribution is 2.31. The Hall–Kier alpha value is -0.830. The molecule has 0 fully saturated rings. The maximum absolute atomic E-state index is 6.28. The zero-order chi connectivity index (χ0) is 13.8. The average molecular weight is 294 g/mol. The molecule has 1 aromatic carbocycles. The van der Waals surface area contributed by atoms with Crippen molar-refractivity contribution in [3.63, 3.8) is 0 Å². The number of likely N-dealkylation sites (N-methyl/N-ethyl adjacent to an activating group) is 1. The predicted octanol–water partition coefficient (Wildman–Crippen LogP) is 4.91. The standard InChI is InChI=1S/C16H20ClNS/c1-4-18-15(16-11(2)9-12(3)19-16)10-13-7-5-6-8-14(13)17/h5-9,15,18H,4,10H2,1-3H3. The molecule has 0 bridgehead atoms. The number of hydrogen-bond donors (Lipinski definition) is 1. The molecule has 0 saturated heterocycles. The molecule has 1 heterocycles. The highest BCUT2D eigenvalue weighted by atomic mass is 35.5. The van der Waals surface area contributed by atoms with E-state index >= 15 is 0 Å². The topological polar surface area (TPSA) is 12.0 Å². The van der Waals surface area contributed by atoms with Gasteiger partial charge in [0.15, 0.2) is 0 Å². The normalized spacial score (nSPS) is 12.6. The van der Waals surface area contributed by atoms with E-state index in [1.807, 2.05) is 23.5 Å². The lowest BCUT2D eigenvalue weighted by atomic mass is 10.0. The number of aryl methyl sites for hydroxylation is 2. The van der Waals surface area contributed by atoms with Gasteiger partial charge in [0.2, 0.25) is 0 Å². The first-order valence-corrected chi connectivity index (χ1v) is 7.85. The summed E-state index contributed by atoms with van der Waals surface area (Å²) < 4.78 is 0. The van der Waals surface area contributed by atoms with Crippen molar-refractivity contribution >= 4 is 22.9 Å². The molecule has 1 nitrogen and oxygen atoms in total. The van der Waals surface area contributed by atoms with E-state index in [4.69, 9.17) is 11.6 Å². The Morgan fingerprint density at radius 3 is 2.58 bits per heavy atom. The lowest BCUT2D eigenvalue weighted by Crippen LogP contribution is -2.22. The maximum Gasteiger partial charge on any atom is 0.0458 e. The summed E-state index contributed by atoms with van der Waals surface area (Å²) in [4.78, 5) is 2.80. The second-order valence-electron chi connectivity index (χ2n) is 4.81. The van der Waals surface area contributed by atoms with E-state index in [1.165, 1.54) is 20.9 Å². The molecule has 0 aliphatic heterocycles. The number of thiophene rings is 1. The Morgan fingerprint density at radius 2 is 2.00 bits per heavy atom. The van der Waals surface area contributed by atoms with Gasteiger partial charge in [-0.15, -0.1) is 11.3 Å². The van der Waals surface area contributed by atoms with Gasteiger partial charge >= 0.3 is 0 Å². The van der Waals surface area contributed by atoms with Crippen LogP contribution in [0.5, 0.6) is 0 Å². The first kappa shape index (κ1) is 14.6. The summed E-state index contributed by atoms with van der Waals surface area (Å²) >= 11 is 8.16. The molecule has 1 aromatic heterocycles. The minimum absolute atomic E-state index is 0.351. The average Bonchev–Trinajstić information content (AvgIpc) is 2.70. The van der Waals surface area contributed by atoms with E-state index in [2.05, 4.69) is 44.3 Å². The minimum atomic E-state index is 0.351. The third-order valence-electron chi connectivity index (χ3n) is 3.23. The van der Waals surface area contributed by atoms with Gasteiger partial charge in [-0.1, -0.05) is 36.7 Å². The van der Waals surface area contributed by atoms with E-state index in [0.29, 0.717) is 6.04 Å². The quantitative estimate of drug-likeness (QED) is 0.826. The molecule has 0 aliphatic rings. The number of nitrogens with one attached hydrogen (secondary N) is 1. The Morgan fingerprint density at radius 1 is 1.26 bits per heavy atom. The van der Waals surface area contributed by atoms with E-state index in [-0.39, 0.29) is 0 Å². The van der Waals surface area contributed by atoms with Crippen LogP contribution < -0.4 is 5.32 Å². The molecule has 1 N–H and O–H groups in total. The molecular weight excluding hydrogens is 274 g/mol. The number of rotatable bonds is 5. The number of benzene rings is 1. The molecule has 2 aromatic rings. The molecule has 19 heavy (non-hydrogen) atoms. The maximum atomic E-state index is 6.28. The molecule has 2 rings (SSSR count). The molecule has 1 atom stereocenters. The van der Waals surface area contributed by atoms with Gasteiger partial charge in [-0.2, -0.15) is 0 Å². The predicted molar refractivity (Wildman–Crippen MR) is 85.4 cm³/mol. The zero-order valence-corrected chi connectivity index (χ0v) is 13.2. The molecule has 0 saturated carbocycles. The van der Waals surface area contributed by atoms with Crippen molar-refractivity contribution in [3.8, 4) is 0 Å². The van der Waals surface area contributed by atoms with Crippen molar-refractivity contribution in [2.24, 2.45) is 0 Å².